The lowest BCUT2D eigenvalue weighted by molar-refractivity contribution is 0.0517. The molecule has 1 heterocycles. The van der Waals surface area contributed by atoms with Crippen LogP contribution in [0.25, 0.3) is 10.6 Å². The van der Waals surface area contributed by atoms with Crippen LogP contribution in [0.5, 0.6) is 0 Å². The maximum Gasteiger partial charge on any atom is 0.358 e. The lowest BCUT2D eigenvalue weighted by Gasteiger charge is -2.01. The molecule has 0 amide bonds. The first-order valence-electron chi connectivity index (χ1n) is 6.70. The van der Waals surface area contributed by atoms with Crippen molar-refractivity contribution in [1.29, 1.82) is 0 Å². The summed E-state index contributed by atoms with van der Waals surface area (Å²) in [5.41, 5.74) is 3.25. The van der Waals surface area contributed by atoms with Crippen LogP contribution in [0.15, 0.2) is 18.2 Å². The number of hydrogen-bond acceptors (Lipinski definition) is 5. The molecule has 1 aromatic heterocycles. The molecule has 110 valence electrons. The zero-order chi connectivity index (χ0) is 15.6. The summed E-state index contributed by atoms with van der Waals surface area (Å²) >= 11 is 1.23. The van der Waals surface area contributed by atoms with Crippen LogP contribution in [0.1, 0.15) is 45.1 Å². The Labute approximate surface area is 127 Å². The van der Waals surface area contributed by atoms with E-state index in [9.17, 15) is 9.59 Å². The molecule has 4 nitrogen and oxygen atoms in total. The summed E-state index contributed by atoms with van der Waals surface area (Å²) in [4.78, 5) is 28.3. The summed E-state index contributed by atoms with van der Waals surface area (Å²) in [6.07, 6.45) is 0. The highest BCUT2D eigenvalue weighted by molar-refractivity contribution is 7.17. The fourth-order valence-electron chi connectivity index (χ4n) is 2.12. The highest BCUT2D eigenvalue weighted by atomic mass is 32.1. The summed E-state index contributed by atoms with van der Waals surface area (Å²) in [7, 11) is 0. The summed E-state index contributed by atoms with van der Waals surface area (Å²) in [5, 5.41) is 0.662. The highest BCUT2D eigenvalue weighted by Gasteiger charge is 2.22. The second-order valence-corrected chi connectivity index (χ2v) is 5.85. The van der Waals surface area contributed by atoms with E-state index in [1.807, 2.05) is 26.0 Å². The van der Waals surface area contributed by atoms with E-state index in [0.29, 0.717) is 9.88 Å². The molecule has 0 aliphatic carbocycles. The number of nitrogens with zero attached hydrogens (tertiary/aromatic N) is 1. The molecule has 1 aromatic carbocycles. The molecule has 0 radical (unpaired) electrons. The number of Topliss-reactive ketones (excluding diaryl/α,β-unsaturated/α-hetero) is 1. The van der Waals surface area contributed by atoms with Crippen LogP contribution in [0.2, 0.25) is 0 Å². The van der Waals surface area contributed by atoms with Gasteiger partial charge < -0.3 is 4.74 Å². The van der Waals surface area contributed by atoms with Crippen LogP contribution in [0.4, 0.5) is 0 Å². The molecular weight excluding hydrogens is 286 g/mol. The number of ketones is 1. The standard InChI is InChI=1S/C16H17NO3S/c1-5-20-16(19)13-14(11(4)18)21-15(17-13)12-7-9(2)6-10(3)8-12/h6-8H,5H2,1-4H3. The largest absolute Gasteiger partial charge is 0.461 e. The van der Waals surface area contributed by atoms with Crippen molar-refractivity contribution in [3.8, 4) is 10.6 Å². The number of benzene rings is 1. The van der Waals surface area contributed by atoms with E-state index < -0.39 is 5.97 Å². The Balaban J connectivity index is 2.53. The summed E-state index contributed by atoms with van der Waals surface area (Å²) < 4.78 is 4.97. The van der Waals surface area contributed by atoms with Crippen LogP contribution in [0, 0.1) is 13.8 Å². The zero-order valence-electron chi connectivity index (χ0n) is 12.5. The molecule has 2 aromatic rings. The van der Waals surface area contributed by atoms with Crippen molar-refractivity contribution in [2.45, 2.75) is 27.7 Å². The minimum absolute atomic E-state index is 0.114. The molecule has 5 heteroatoms. The van der Waals surface area contributed by atoms with Crippen molar-refractivity contribution in [3.05, 3.63) is 39.9 Å². The van der Waals surface area contributed by atoms with Gasteiger partial charge >= 0.3 is 5.97 Å². The van der Waals surface area contributed by atoms with E-state index in [-0.39, 0.29) is 18.1 Å². The van der Waals surface area contributed by atoms with Crippen LogP contribution in [-0.4, -0.2) is 23.3 Å². The number of aryl methyl sites for hydroxylation is 2. The number of hydrogen-bond donors (Lipinski definition) is 0. The predicted molar refractivity (Wildman–Crippen MR) is 83.0 cm³/mol. The topological polar surface area (TPSA) is 56.3 Å². The monoisotopic (exact) mass is 303 g/mol. The van der Waals surface area contributed by atoms with Gasteiger partial charge in [-0.2, -0.15) is 0 Å². The molecule has 0 atom stereocenters. The minimum atomic E-state index is -0.547. The van der Waals surface area contributed by atoms with E-state index >= 15 is 0 Å². The van der Waals surface area contributed by atoms with Crippen LogP contribution >= 0.6 is 11.3 Å². The molecule has 0 saturated carbocycles. The Morgan fingerprint density at radius 1 is 1.19 bits per heavy atom. The number of aromatic nitrogens is 1. The SMILES string of the molecule is CCOC(=O)c1nc(-c2cc(C)cc(C)c2)sc1C(C)=O. The molecule has 21 heavy (non-hydrogen) atoms. The van der Waals surface area contributed by atoms with Gasteiger partial charge in [0.15, 0.2) is 11.5 Å². The second kappa shape index (κ2) is 6.18. The summed E-state index contributed by atoms with van der Waals surface area (Å²) in [5.74, 6) is -0.722. The first-order chi connectivity index (χ1) is 9.92. The van der Waals surface area contributed by atoms with Gasteiger partial charge in [0.2, 0.25) is 0 Å². The summed E-state index contributed by atoms with van der Waals surface area (Å²) in [6.45, 7) is 7.42. The van der Waals surface area contributed by atoms with Gasteiger partial charge in [0.05, 0.1) is 6.61 Å². The molecule has 0 N–H and O–H groups in total. The molecule has 0 spiro atoms. The van der Waals surface area contributed by atoms with E-state index in [1.54, 1.807) is 6.92 Å². The lowest BCUT2D eigenvalue weighted by atomic mass is 10.1. The third-order valence-electron chi connectivity index (χ3n) is 2.88. The number of carbonyl (C=O) groups excluding carboxylic acids is 2. The first kappa shape index (κ1) is 15.4. The number of carbonyl (C=O) groups is 2. The Morgan fingerprint density at radius 2 is 1.81 bits per heavy atom. The van der Waals surface area contributed by atoms with Crippen molar-refractivity contribution in [3.63, 3.8) is 0 Å². The third-order valence-corrected chi connectivity index (χ3v) is 4.09. The fraction of sp³-hybridized carbons (Fsp3) is 0.312. The average Bonchev–Trinajstić information content (AvgIpc) is 2.83. The van der Waals surface area contributed by atoms with Crippen molar-refractivity contribution >= 4 is 23.1 Å². The Kier molecular flexibility index (Phi) is 4.53. The maximum atomic E-state index is 11.9. The number of rotatable bonds is 4. The number of esters is 1. The summed E-state index contributed by atoms with van der Waals surface area (Å²) in [6, 6.07) is 6.05. The molecule has 0 unspecified atom stereocenters. The number of ether oxygens (including phenoxy) is 1. The Hall–Kier alpha value is -2.01. The van der Waals surface area contributed by atoms with E-state index in [4.69, 9.17) is 4.74 Å². The van der Waals surface area contributed by atoms with Crippen LogP contribution in [-0.2, 0) is 4.74 Å². The smallest absolute Gasteiger partial charge is 0.358 e. The van der Waals surface area contributed by atoms with Gasteiger partial charge in [-0.15, -0.1) is 11.3 Å². The zero-order valence-corrected chi connectivity index (χ0v) is 13.3. The normalized spacial score (nSPS) is 10.5. The number of thiazole rings is 1. The van der Waals surface area contributed by atoms with Crippen molar-refractivity contribution in [1.82, 2.24) is 4.98 Å². The quantitative estimate of drug-likeness (QED) is 0.636. The Bertz CT molecular complexity index is 683. The van der Waals surface area contributed by atoms with Gasteiger partial charge in [0.1, 0.15) is 9.88 Å². The lowest BCUT2D eigenvalue weighted by Crippen LogP contribution is -2.09. The predicted octanol–water partition coefficient (Wildman–Crippen LogP) is 3.81. The van der Waals surface area contributed by atoms with Crippen molar-refractivity contribution < 1.29 is 14.3 Å². The van der Waals surface area contributed by atoms with E-state index in [1.165, 1.54) is 18.3 Å². The van der Waals surface area contributed by atoms with Gasteiger partial charge in [-0.1, -0.05) is 17.2 Å². The molecule has 0 bridgehead atoms. The highest BCUT2D eigenvalue weighted by Crippen LogP contribution is 2.30. The first-order valence-corrected chi connectivity index (χ1v) is 7.51. The van der Waals surface area contributed by atoms with Crippen molar-refractivity contribution in [2.75, 3.05) is 6.61 Å². The van der Waals surface area contributed by atoms with Crippen molar-refractivity contribution in [2.24, 2.45) is 0 Å². The minimum Gasteiger partial charge on any atom is -0.461 e. The molecule has 0 saturated heterocycles. The average molecular weight is 303 g/mol. The second-order valence-electron chi connectivity index (χ2n) is 4.85. The molecular formula is C16H17NO3S. The molecule has 0 aliphatic rings. The third kappa shape index (κ3) is 3.36. The molecule has 0 aliphatic heterocycles. The van der Waals surface area contributed by atoms with Gasteiger partial charge in [0, 0.05) is 12.5 Å². The van der Waals surface area contributed by atoms with Crippen LogP contribution in [0.3, 0.4) is 0 Å². The van der Waals surface area contributed by atoms with Gasteiger partial charge in [-0.05, 0) is 32.9 Å². The molecule has 2 rings (SSSR count). The van der Waals surface area contributed by atoms with Crippen LogP contribution < -0.4 is 0 Å². The van der Waals surface area contributed by atoms with E-state index in [2.05, 4.69) is 11.1 Å². The van der Waals surface area contributed by atoms with E-state index in [0.717, 1.165) is 16.7 Å². The van der Waals surface area contributed by atoms with Gasteiger partial charge in [-0.3, -0.25) is 4.79 Å². The molecule has 0 fully saturated rings. The van der Waals surface area contributed by atoms with Gasteiger partial charge in [0.25, 0.3) is 0 Å². The fourth-order valence-corrected chi connectivity index (χ4v) is 3.05. The Morgan fingerprint density at radius 3 is 2.33 bits per heavy atom. The maximum absolute atomic E-state index is 11.9. The van der Waals surface area contributed by atoms with Gasteiger partial charge in [-0.25, -0.2) is 9.78 Å².